The summed E-state index contributed by atoms with van der Waals surface area (Å²) in [5.74, 6) is -0.965. The number of sulfonamides is 1. The first-order chi connectivity index (χ1) is 13.1. The fourth-order valence-corrected chi connectivity index (χ4v) is 5.29. The molecule has 156 valence electrons. The van der Waals surface area contributed by atoms with Crippen molar-refractivity contribution >= 4 is 21.8 Å². The molecule has 0 spiro atoms. The van der Waals surface area contributed by atoms with Gasteiger partial charge in [-0.05, 0) is 56.2 Å². The number of carbonyl (C=O) groups excluding carboxylic acids is 2. The molecule has 1 aromatic carbocycles. The van der Waals surface area contributed by atoms with Crippen LogP contribution in [0.25, 0.3) is 0 Å². The number of amides is 2. The third-order valence-corrected chi connectivity index (χ3v) is 7.06. The van der Waals surface area contributed by atoms with Gasteiger partial charge in [-0.2, -0.15) is 4.31 Å². The minimum Gasteiger partial charge on any atom is -0.348 e. The third-order valence-electron chi connectivity index (χ3n) is 4.97. The van der Waals surface area contributed by atoms with Gasteiger partial charge in [0, 0.05) is 25.7 Å². The van der Waals surface area contributed by atoms with Crippen LogP contribution >= 0.6 is 0 Å². The Labute approximate surface area is 167 Å². The van der Waals surface area contributed by atoms with Crippen LogP contribution in [0.15, 0.2) is 23.1 Å². The van der Waals surface area contributed by atoms with Crippen LogP contribution in [-0.4, -0.2) is 50.2 Å². The lowest BCUT2D eigenvalue weighted by Crippen LogP contribution is -2.47. The van der Waals surface area contributed by atoms with Crippen LogP contribution in [0.4, 0.5) is 0 Å². The molecule has 0 radical (unpaired) electrons. The van der Waals surface area contributed by atoms with Crippen LogP contribution in [-0.2, 0) is 19.6 Å². The smallest absolute Gasteiger partial charge is 0.309 e. The van der Waals surface area contributed by atoms with Gasteiger partial charge in [0.05, 0.1) is 4.90 Å². The molecule has 8 heteroatoms. The lowest BCUT2D eigenvalue weighted by Gasteiger charge is -2.25. The minimum atomic E-state index is -3.65. The highest BCUT2D eigenvalue weighted by Crippen LogP contribution is 2.28. The Bertz CT molecular complexity index is 821. The second-order valence-electron chi connectivity index (χ2n) is 7.83. The zero-order chi connectivity index (χ0) is 20.9. The Balaban J connectivity index is 2.00. The maximum absolute atomic E-state index is 13.1. The van der Waals surface area contributed by atoms with Crippen molar-refractivity contribution in [3.63, 3.8) is 0 Å². The Morgan fingerprint density at radius 3 is 2.54 bits per heavy atom. The van der Waals surface area contributed by atoms with E-state index in [2.05, 4.69) is 10.6 Å². The molecule has 1 fully saturated rings. The van der Waals surface area contributed by atoms with Crippen molar-refractivity contribution in [3.8, 4) is 0 Å². The van der Waals surface area contributed by atoms with Crippen molar-refractivity contribution in [1.29, 1.82) is 0 Å². The molecule has 2 N–H and O–H groups in total. The van der Waals surface area contributed by atoms with Gasteiger partial charge in [-0.15, -0.1) is 0 Å². The van der Waals surface area contributed by atoms with Gasteiger partial charge >= 0.3 is 11.8 Å². The van der Waals surface area contributed by atoms with Crippen LogP contribution in [0.1, 0.15) is 44.2 Å². The van der Waals surface area contributed by atoms with E-state index in [0.29, 0.717) is 35.9 Å². The van der Waals surface area contributed by atoms with Crippen molar-refractivity contribution < 1.29 is 18.0 Å². The summed E-state index contributed by atoms with van der Waals surface area (Å²) in [6.45, 7) is 8.70. The predicted molar refractivity (Wildman–Crippen MR) is 108 cm³/mol. The van der Waals surface area contributed by atoms with E-state index in [1.54, 1.807) is 19.1 Å². The van der Waals surface area contributed by atoms with E-state index >= 15 is 0 Å². The fraction of sp³-hybridized carbons (Fsp3) is 0.600. The highest BCUT2D eigenvalue weighted by molar-refractivity contribution is 7.89. The first-order valence-corrected chi connectivity index (χ1v) is 11.2. The van der Waals surface area contributed by atoms with Crippen molar-refractivity contribution in [2.24, 2.45) is 5.92 Å². The lowest BCUT2D eigenvalue weighted by atomic mass is 10.1. The summed E-state index contributed by atoms with van der Waals surface area (Å²) in [6, 6.07) is 5.02. The number of hydrogen-bond acceptors (Lipinski definition) is 4. The van der Waals surface area contributed by atoms with Gasteiger partial charge in [0.15, 0.2) is 0 Å². The number of hydrogen-bond donors (Lipinski definition) is 2. The summed E-state index contributed by atoms with van der Waals surface area (Å²) >= 11 is 0. The Hall–Kier alpha value is -1.93. The van der Waals surface area contributed by atoms with E-state index in [9.17, 15) is 18.0 Å². The number of nitrogens with one attached hydrogen (secondary N) is 2. The Morgan fingerprint density at radius 1 is 1.18 bits per heavy atom. The standard InChI is InChI=1S/C20H31N3O4S/c1-14(2)9-10-21-19(24)20(25)22-13-17-6-5-11-23(17)28(26,27)18-12-15(3)7-8-16(18)4/h7-8,12,14,17H,5-6,9-11,13H2,1-4H3,(H,21,24)(H,22,25)/t17-/m1/s1. The molecule has 0 aromatic heterocycles. The van der Waals surface area contributed by atoms with E-state index in [1.807, 2.05) is 26.8 Å². The van der Waals surface area contributed by atoms with E-state index < -0.39 is 21.8 Å². The van der Waals surface area contributed by atoms with Crippen LogP contribution in [0, 0.1) is 19.8 Å². The maximum atomic E-state index is 13.1. The summed E-state index contributed by atoms with van der Waals surface area (Å²) in [4.78, 5) is 24.2. The van der Waals surface area contributed by atoms with Crippen LogP contribution in [0.5, 0.6) is 0 Å². The van der Waals surface area contributed by atoms with Gasteiger partial charge in [-0.3, -0.25) is 9.59 Å². The number of benzene rings is 1. The largest absolute Gasteiger partial charge is 0.348 e. The van der Waals surface area contributed by atoms with Crippen molar-refractivity contribution in [2.45, 2.75) is 57.9 Å². The van der Waals surface area contributed by atoms with Gasteiger partial charge in [0.2, 0.25) is 10.0 Å². The second kappa shape index (κ2) is 9.52. The molecule has 0 bridgehead atoms. The summed E-state index contributed by atoms with van der Waals surface area (Å²) in [6.07, 6.45) is 2.17. The normalized spacial score (nSPS) is 17.7. The highest BCUT2D eigenvalue weighted by atomic mass is 32.2. The molecule has 1 saturated heterocycles. The van der Waals surface area contributed by atoms with E-state index in [4.69, 9.17) is 0 Å². The highest BCUT2D eigenvalue weighted by Gasteiger charge is 2.36. The SMILES string of the molecule is Cc1ccc(C)c(S(=O)(=O)N2CCC[C@@H]2CNC(=O)C(=O)NCCC(C)C)c1. The molecular formula is C20H31N3O4S. The molecule has 7 nitrogen and oxygen atoms in total. The monoisotopic (exact) mass is 409 g/mol. The van der Waals surface area contributed by atoms with Crippen LogP contribution in [0.2, 0.25) is 0 Å². The molecule has 0 aliphatic carbocycles. The van der Waals surface area contributed by atoms with Crippen LogP contribution in [0.3, 0.4) is 0 Å². The van der Waals surface area contributed by atoms with Gasteiger partial charge in [0.1, 0.15) is 0 Å². The number of rotatable bonds is 7. The molecule has 2 rings (SSSR count). The molecule has 28 heavy (non-hydrogen) atoms. The fourth-order valence-electron chi connectivity index (χ4n) is 3.29. The maximum Gasteiger partial charge on any atom is 0.309 e. The predicted octanol–water partition coefficient (Wildman–Crippen LogP) is 1.74. The molecule has 0 saturated carbocycles. The number of carbonyl (C=O) groups is 2. The Morgan fingerprint density at radius 2 is 1.86 bits per heavy atom. The average Bonchev–Trinajstić information content (AvgIpc) is 3.10. The first-order valence-electron chi connectivity index (χ1n) is 9.78. The Kier molecular flexibility index (Phi) is 7.60. The first kappa shape index (κ1) is 22.4. The molecule has 0 unspecified atom stereocenters. The van der Waals surface area contributed by atoms with Gasteiger partial charge < -0.3 is 10.6 Å². The van der Waals surface area contributed by atoms with Gasteiger partial charge in [-0.25, -0.2) is 8.42 Å². The molecule has 1 atom stereocenters. The zero-order valence-corrected chi connectivity index (χ0v) is 17.9. The van der Waals surface area contributed by atoms with E-state index in [0.717, 1.165) is 18.4 Å². The van der Waals surface area contributed by atoms with Crippen molar-refractivity contribution in [3.05, 3.63) is 29.3 Å². The third kappa shape index (κ3) is 5.54. The molecular weight excluding hydrogens is 378 g/mol. The molecule has 1 aliphatic heterocycles. The van der Waals surface area contributed by atoms with E-state index in [-0.39, 0.29) is 12.6 Å². The minimum absolute atomic E-state index is 0.126. The van der Waals surface area contributed by atoms with E-state index in [1.165, 1.54) is 4.31 Å². The molecule has 1 heterocycles. The van der Waals surface area contributed by atoms with Crippen molar-refractivity contribution in [1.82, 2.24) is 14.9 Å². The second-order valence-corrected chi connectivity index (χ2v) is 9.69. The summed E-state index contributed by atoms with van der Waals surface area (Å²) in [7, 11) is -3.65. The molecule has 1 aromatic rings. The summed E-state index contributed by atoms with van der Waals surface area (Å²) < 4.78 is 27.7. The van der Waals surface area contributed by atoms with Crippen LogP contribution < -0.4 is 10.6 Å². The van der Waals surface area contributed by atoms with Gasteiger partial charge in [0.25, 0.3) is 0 Å². The van der Waals surface area contributed by atoms with Crippen molar-refractivity contribution in [2.75, 3.05) is 19.6 Å². The lowest BCUT2D eigenvalue weighted by molar-refractivity contribution is -0.139. The zero-order valence-electron chi connectivity index (χ0n) is 17.1. The number of aryl methyl sites for hydroxylation is 2. The molecule has 1 aliphatic rings. The summed E-state index contributed by atoms with van der Waals surface area (Å²) in [5.41, 5.74) is 1.58. The quantitative estimate of drug-likeness (QED) is 0.671. The summed E-state index contributed by atoms with van der Waals surface area (Å²) in [5, 5.41) is 5.17. The number of nitrogens with zero attached hydrogens (tertiary/aromatic N) is 1. The average molecular weight is 410 g/mol. The topological polar surface area (TPSA) is 95.6 Å². The molecule has 2 amide bonds. The van der Waals surface area contributed by atoms with Gasteiger partial charge in [-0.1, -0.05) is 26.0 Å².